The van der Waals surface area contributed by atoms with Crippen molar-refractivity contribution >= 4 is 16.9 Å². The monoisotopic (exact) mass is 417 g/mol. The van der Waals surface area contributed by atoms with Gasteiger partial charge in [0.15, 0.2) is 0 Å². The predicted octanol–water partition coefficient (Wildman–Crippen LogP) is 5.29. The molecule has 1 heterocycles. The summed E-state index contributed by atoms with van der Waals surface area (Å²) in [5, 5.41) is 3.62. The molecule has 0 saturated heterocycles. The zero-order chi connectivity index (χ0) is 22.0. The molecule has 0 radical (unpaired) electrons. The second-order valence-electron chi connectivity index (χ2n) is 12.4. The highest BCUT2D eigenvalue weighted by Crippen LogP contribution is 2.71. The van der Waals surface area contributed by atoms with Crippen LogP contribution in [0.5, 0.6) is 0 Å². The molecule has 1 N–H and O–H groups in total. The summed E-state index contributed by atoms with van der Waals surface area (Å²) in [4.78, 5) is 24.5. The van der Waals surface area contributed by atoms with Crippen LogP contribution < -0.4 is 5.32 Å². The van der Waals surface area contributed by atoms with Gasteiger partial charge >= 0.3 is 0 Å². The molecular weight excluding hydrogens is 382 g/mol. The highest BCUT2D eigenvalue weighted by Gasteiger charge is 2.74. The van der Waals surface area contributed by atoms with E-state index in [-0.39, 0.29) is 33.6 Å². The maximum atomic E-state index is 14.3. The molecule has 2 aromatic rings. The molecule has 1 aromatic heterocycles. The molecule has 4 nitrogen and oxygen atoms in total. The Balaban J connectivity index is 1.46. The van der Waals surface area contributed by atoms with Crippen molar-refractivity contribution in [3.8, 4) is 0 Å². The topological polar surface area (TPSA) is 54.9 Å². The first-order valence-corrected chi connectivity index (χ1v) is 12.1. The molecule has 4 aliphatic rings. The van der Waals surface area contributed by atoms with Crippen molar-refractivity contribution in [2.45, 2.75) is 90.5 Å². The molecular formula is C27H35N3O. The summed E-state index contributed by atoms with van der Waals surface area (Å²) >= 11 is 0. The van der Waals surface area contributed by atoms with Crippen molar-refractivity contribution in [1.29, 1.82) is 0 Å². The lowest BCUT2D eigenvalue weighted by atomic mass is 9.63. The predicted molar refractivity (Wildman–Crippen MR) is 123 cm³/mol. The standard InChI is InChI=1S/C27H35N3O/c1-23(2)16-11-12-25(23,5)19(15-16)30-22(31)27-14-13-26(6,24(27,3)4)20-21(27)29-18-10-8-7-9-17(18)28-20/h7-10,16,19H,11-15H2,1-6H3,(H,30,31). The van der Waals surface area contributed by atoms with Crippen molar-refractivity contribution in [2.75, 3.05) is 0 Å². The van der Waals surface area contributed by atoms with E-state index in [1.54, 1.807) is 0 Å². The number of fused-ring (bicyclic) bond motifs is 8. The maximum absolute atomic E-state index is 14.3. The Morgan fingerprint density at radius 3 is 2.16 bits per heavy atom. The number of nitrogens with zero attached hydrogens (tertiary/aromatic N) is 2. The Morgan fingerprint density at radius 2 is 1.58 bits per heavy atom. The number of hydrogen-bond donors (Lipinski definition) is 1. The van der Waals surface area contributed by atoms with Crippen LogP contribution in [0.1, 0.15) is 85.0 Å². The van der Waals surface area contributed by atoms with E-state index in [0.717, 1.165) is 41.7 Å². The van der Waals surface area contributed by atoms with E-state index >= 15 is 0 Å². The number of amides is 1. The molecule has 5 unspecified atom stereocenters. The van der Waals surface area contributed by atoms with Crippen LogP contribution in [0, 0.1) is 22.2 Å². The molecule has 4 bridgehead atoms. The van der Waals surface area contributed by atoms with Crippen molar-refractivity contribution in [3.63, 3.8) is 0 Å². The first-order valence-electron chi connectivity index (χ1n) is 12.1. The summed E-state index contributed by atoms with van der Waals surface area (Å²) in [7, 11) is 0. The Labute approximate surface area is 185 Å². The average Bonchev–Trinajstić information content (AvgIpc) is 3.21. The Bertz CT molecular complexity index is 1140. The summed E-state index contributed by atoms with van der Waals surface area (Å²) in [5.74, 6) is 0.904. The number of carbonyl (C=O) groups excluding carboxylic acids is 1. The fraction of sp³-hybridized carbons (Fsp3) is 0.667. The van der Waals surface area contributed by atoms with Gasteiger partial charge in [0.1, 0.15) is 0 Å². The molecule has 3 fully saturated rings. The van der Waals surface area contributed by atoms with Crippen molar-refractivity contribution < 1.29 is 4.79 Å². The molecule has 4 aliphatic carbocycles. The number of benzene rings is 1. The zero-order valence-corrected chi connectivity index (χ0v) is 19.8. The van der Waals surface area contributed by atoms with Gasteiger partial charge in [-0.3, -0.25) is 4.79 Å². The number of aromatic nitrogens is 2. The van der Waals surface area contributed by atoms with Crippen LogP contribution in [-0.4, -0.2) is 21.9 Å². The number of para-hydroxylation sites is 2. The third-order valence-corrected chi connectivity index (χ3v) is 11.4. The average molecular weight is 418 g/mol. The fourth-order valence-electron chi connectivity index (χ4n) is 8.25. The summed E-state index contributed by atoms with van der Waals surface area (Å²) in [6.07, 6.45) is 5.47. The Kier molecular flexibility index (Phi) is 3.49. The van der Waals surface area contributed by atoms with Crippen LogP contribution >= 0.6 is 0 Å². The van der Waals surface area contributed by atoms with Crippen molar-refractivity contribution in [3.05, 3.63) is 35.7 Å². The second-order valence-corrected chi connectivity index (χ2v) is 12.4. The number of rotatable bonds is 2. The third-order valence-electron chi connectivity index (χ3n) is 11.4. The van der Waals surface area contributed by atoms with Gasteiger partial charge in [0, 0.05) is 11.5 Å². The van der Waals surface area contributed by atoms with Gasteiger partial charge in [-0.1, -0.05) is 53.7 Å². The van der Waals surface area contributed by atoms with E-state index < -0.39 is 5.41 Å². The Morgan fingerprint density at radius 1 is 0.935 bits per heavy atom. The first kappa shape index (κ1) is 19.7. The third kappa shape index (κ3) is 1.94. The van der Waals surface area contributed by atoms with Crippen molar-refractivity contribution in [2.24, 2.45) is 22.2 Å². The largest absolute Gasteiger partial charge is 0.352 e. The molecule has 1 amide bonds. The van der Waals surface area contributed by atoms with Gasteiger partial charge in [-0.2, -0.15) is 0 Å². The molecule has 3 saturated carbocycles. The van der Waals surface area contributed by atoms with Crippen LogP contribution in [0.3, 0.4) is 0 Å². The molecule has 6 rings (SSSR count). The van der Waals surface area contributed by atoms with E-state index in [4.69, 9.17) is 9.97 Å². The fourth-order valence-corrected chi connectivity index (χ4v) is 8.25. The summed E-state index contributed by atoms with van der Waals surface area (Å²) in [5.41, 5.74) is 3.32. The van der Waals surface area contributed by atoms with Crippen LogP contribution in [0.4, 0.5) is 0 Å². The lowest BCUT2D eigenvalue weighted by molar-refractivity contribution is -0.132. The SMILES string of the molecule is CC12CCC(C(=O)NC3CC4CCC3(C)C4(C)C)(c3nc4ccccc4nc31)C2(C)C. The van der Waals surface area contributed by atoms with Crippen LogP contribution in [0.2, 0.25) is 0 Å². The van der Waals surface area contributed by atoms with Crippen molar-refractivity contribution in [1.82, 2.24) is 15.3 Å². The van der Waals surface area contributed by atoms with E-state index in [2.05, 4.69) is 46.9 Å². The second kappa shape index (κ2) is 5.50. The summed E-state index contributed by atoms with van der Waals surface area (Å²) in [6, 6.07) is 8.34. The maximum Gasteiger partial charge on any atom is 0.233 e. The van der Waals surface area contributed by atoms with E-state index in [0.29, 0.717) is 5.92 Å². The van der Waals surface area contributed by atoms with Gasteiger partial charge in [-0.15, -0.1) is 0 Å². The van der Waals surface area contributed by atoms with E-state index in [1.165, 1.54) is 12.8 Å². The zero-order valence-electron chi connectivity index (χ0n) is 19.8. The van der Waals surface area contributed by atoms with Gasteiger partial charge in [0.2, 0.25) is 5.91 Å². The smallest absolute Gasteiger partial charge is 0.233 e. The Hall–Kier alpha value is -1.97. The number of hydrogen-bond acceptors (Lipinski definition) is 3. The number of nitrogens with one attached hydrogen (secondary N) is 1. The van der Waals surface area contributed by atoms with Gasteiger partial charge in [-0.25, -0.2) is 9.97 Å². The summed E-state index contributed by atoms with van der Waals surface area (Å²) in [6.45, 7) is 14.1. The van der Waals surface area contributed by atoms with Crippen LogP contribution in [0.15, 0.2) is 24.3 Å². The molecule has 0 spiro atoms. The summed E-state index contributed by atoms with van der Waals surface area (Å²) < 4.78 is 0. The highest BCUT2D eigenvalue weighted by atomic mass is 16.2. The first-order chi connectivity index (χ1) is 14.5. The van der Waals surface area contributed by atoms with Crippen LogP contribution in [-0.2, 0) is 15.6 Å². The van der Waals surface area contributed by atoms with Gasteiger partial charge in [0.25, 0.3) is 0 Å². The lowest BCUT2D eigenvalue weighted by Gasteiger charge is -2.43. The molecule has 1 aromatic carbocycles. The minimum atomic E-state index is -0.601. The van der Waals surface area contributed by atoms with Gasteiger partial charge < -0.3 is 5.32 Å². The molecule has 5 atom stereocenters. The number of carbonyl (C=O) groups is 1. The molecule has 0 aliphatic heterocycles. The minimum Gasteiger partial charge on any atom is -0.352 e. The highest BCUT2D eigenvalue weighted by molar-refractivity contribution is 5.93. The van der Waals surface area contributed by atoms with Gasteiger partial charge in [0.05, 0.1) is 27.8 Å². The quantitative estimate of drug-likeness (QED) is 0.722. The van der Waals surface area contributed by atoms with Crippen LogP contribution in [0.25, 0.3) is 11.0 Å². The van der Waals surface area contributed by atoms with Gasteiger partial charge in [-0.05, 0) is 66.4 Å². The van der Waals surface area contributed by atoms with E-state index in [1.807, 2.05) is 24.3 Å². The lowest BCUT2D eigenvalue weighted by Crippen LogP contribution is -2.56. The molecule has 4 heteroatoms. The molecule has 31 heavy (non-hydrogen) atoms. The van der Waals surface area contributed by atoms with E-state index in [9.17, 15) is 4.79 Å². The normalized spacial score (nSPS) is 41.0. The minimum absolute atomic E-state index is 0.130. The molecule has 164 valence electrons.